The van der Waals surface area contributed by atoms with E-state index < -0.39 is 0 Å². The van der Waals surface area contributed by atoms with Crippen molar-refractivity contribution in [2.24, 2.45) is 0 Å². The zero-order valence-corrected chi connectivity index (χ0v) is 14.6. The van der Waals surface area contributed by atoms with Crippen molar-refractivity contribution >= 4 is 17.7 Å². The molecule has 0 saturated carbocycles. The Kier molecular flexibility index (Phi) is 4.71. The molecule has 0 aliphatic heterocycles. The Hall–Kier alpha value is -2.53. The molecular formula is C19H18N2O2S. The second kappa shape index (κ2) is 6.93. The molecule has 0 radical (unpaired) electrons. The first-order valence-corrected chi connectivity index (χ1v) is 8.38. The van der Waals surface area contributed by atoms with Crippen molar-refractivity contribution in [3.05, 3.63) is 65.9 Å². The van der Waals surface area contributed by atoms with Crippen molar-refractivity contribution in [3.8, 4) is 11.5 Å². The predicted molar refractivity (Wildman–Crippen MR) is 95.3 cm³/mol. The van der Waals surface area contributed by atoms with E-state index in [1.54, 1.807) is 14.1 Å². The largest absolute Gasteiger partial charge is 0.429 e. The van der Waals surface area contributed by atoms with E-state index in [-0.39, 0.29) is 5.91 Å². The molecule has 0 aliphatic rings. The summed E-state index contributed by atoms with van der Waals surface area (Å²) in [6, 6.07) is 17.7. The van der Waals surface area contributed by atoms with Crippen LogP contribution in [-0.2, 0) is 0 Å². The minimum atomic E-state index is -0.171. The minimum Gasteiger partial charge on any atom is -0.429 e. The molecule has 5 heteroatoms. The van der Waals surface area contributed by atoms with E-state index in [2.05, 4.69) is 4.98 Å². The van der Waals surface area contributed by atoms with Gasteiger partial charge in [0.1, 0.15) is 0 Å². The third kappa shape index (κ3) is 3.51. The van der Waals surface area contributed by atoms with Crippen molar-refractivity contribution in [1.29, 1.82) is 0 Å². The minimum absolute atomic E-state index is 0.171. The molecule has 0 saturated heterocycles. The zero-order chi connectivity index (χ0) is 17.1. The third-order valence-corrected chi connectivity index (χ3v) is 4.43. The molecule has 3 aromatic rings. The molecule has 122 valence electrons. The quantitative estimate of drug-likeness (QED) is 0.702. The molecule has 0 atom stereocenters. The van der Waals surface area contributed by atoms with Crippen LogP contribution in [0.1, 0.15) is 16.1 Å². The fourth-order valence-corrected chi connectivity index (χ4v) is 2.98. The molecule has 2 aromatic carbocycles. The maximum absolute atomic E-state index is 12.4. The molecule has 1 amide bonds. The van der Waals surface area contributed by atoms with Gasteiger partial charge in [0, 0.05) is 24.6 Å². The van der Waals surface area contributed by atoms with Gasteiger partial charge < -0.3 is 9.32 Å². The van der Waals surface area contributed by atoms with Gasteiger partial charge in [0.2, 0.25) is 5.89 Å². The summed E-state index contributed by atoms with van der Waals surface area (Å²) in [7, 11) is 3.42. The molecule has 0 aliphatic carbocycles. The fraction of sp³-hybridized carbons (Fsp3) is 0.158. The van der Waals surface area contributed by atoms with Gasteiger partial charge in [-0.3, -0.25) is 4.79 Å². The lowest BCUT2D eigenvalue weighted by atomic mass is 10.2. The van der Waals surface area contributed by atoms with Gasteiger partial charge in [0.05, 0.1) is 0 Å². The van der Waals surface area contributed by atoms with Gasteiger partial charge >= 0.3 is 0 Å². The third-order valence-electron chi connectivity index (χ3n) is 3.46. The highest BCUT2D eigenvalue weighted by Crippen LogP contribution is 2.34. The van der Waals surface area contributed by atoms with Gasteiger partial charge in [0.15, 0.2) is 10.8 Å². The molecule has 24 heavy (non-hydrogen) atoms. The molecule has 0 spiro atoms. The second-order valence-corrected chi connectivity index (χ2v) is 6.68. The summed E-state index contributed by atoms with van der Waals surface area (Å²) in [6.07, 6.45) is 0. The smallest absolute Gasteiger partial charge is 0.276 e. The number of rotatable bonds is 4. The lowest BCUT2D eigenvalue weighted by Gasteiger charge is -2.08. The normalized spacial score (nSPS) is 10.6. The Balaban J connectivity index is 2.01. The Morgan fingerprint density at radius 1 is 1.04 bits per heavy atom. The Morgan fingerprint density at radius 3 is 2.33 bits per heavy atom. The molecular weight excluding hydrogens is 320 g/mol. The van der Waals surface area contributed by atoms with Crippen molar-refractivity contribution in [3.63, 3.8) is 0 Å². The van der Waals surface area contributed by atoms with Crippen LogP contribution in [0.15, 0.2) is 69.0 Å². The standard InChI is InChI=1S/C19H18N2O2S/c1-13-9-11-15(12-10-13)24-19-16(18(22)21(2)3)20-17(23-19)14-7-5-4-6-8-14/h4-12H,1-3H3. The number of nitrogens with zero attached hydrogens (tertiary/aromatic N) is 2. The SMILES string of the molecule is Cc1ccc(Sc2oc(-c3ccccc3)nc2C(=O)N(C)C)cc1. The monoisotopic (exact) mass is 338 g/mol. The van der Waals surface area contributed by atoms with E-state index in [1.165, 1.54) is 22.2 Å². The van der Waals surface area contributed by atoms with E-state index in [4.69, 9.17) is 4.42 Å². The lowest BCUT2D eigenvalue weighted by molar-refractivity contribution is 0.0817. The van der Waals surface area contributed by atoms with Crippen LogP contribution < -0.4 is 0 Å². The zero-order valence-electron chi connectivity index (χ0n) is 13.8. The summed E-state index contributed by atoms with van der Waals surface area (Å²) in [5.74, 6) is 0.283. The highest BCUT2D eigenvalue weighted by atomic mass is 32.2. The van der Waals surface area contributed by atoms with Gasteiger partial charge in [0.25, 0.3) is 5.91 Å². The van der Waals surface area contributed by atoms with Crippen LogP contribution in [-0.4, -0.2) is 29.9 Å². The average molecular weight is 338 g/mol. The summed E-state index contributed by atoms with van der Waals surface area (Å²) in [5.41, 5.74) is 2.37. The number of amides is 1. The first-order chi connectivity index (χ1) is 11.5. The van der Waals surface area contributed by atoms with Gasteiger partial charge in [-0.05, 0) is 43.0 Å². The number of hydrogen-bond acceptors (Lipinski definition) is 4. The van der Waals surface area contributed by atoms with Gasteiger partial charge in [-0.2, -0.15) is 0 Å². The maximum Gasteiger partial charge on any atom is 0.276 e. The number of aromatic nitrogens is 1. The number of aryl methyl sites for hydroxylation is 1. The van der Waals surface area contributed by atoms with Gasteiger partial charge in [-0.1, -0.05) is 35.9 Å². The Morgan fingerprint density at radius 2 is 1.71 bits per heavy atom. The van der Waals surface area contributed by atoms with Crippen LogP contribution in [0.4, 0.5) is 0 Å². The second-order valence-electron chi connectivity index (χ2n) is 5.64. The summed E-state index contributed by atoms with van der Waals surface area (Å²) >= 11 is 1.41. The van der Waals surface area contributed by atoms with E-state index in [1.807, 2.05) is 61.5 Å². The Labute approximate surface area is 145 Å². The fourth-order valence-electron chi connectivity index (χ4n) is 2.14. The summed E-state index contributed by atoms with van der Waals surface area (Å²) in [5, 5.41) is 0.511. The number of carbonyl (C=O) groups excluding carboxylic acids is 1. The van der Waals surface area contributed by atoms with E-state index in [0.29, 0.717) is 16.7 Å². The highest BCUT2D eigenvalue weighted by Gasteiger charge is 2.23. The lowest BCUT2D eigenvalue weighted by Crippen LogP contribution is -2.22. The van der Waals surface area contributed by atoms with Crippen LogP contribution >= 0.6 is 11.8 Å². The summed E-state index contributed by atoms with van der Waals surface area (Å²) in [6.45, 7) is 2.04. The van der Waals surface area contributed by atoms with Crippen molar-refractivity contribution in [2.75, 3.05) is 14.1 Å². The number of hydrogen-bond donors (Lipinski definition) is 0. The van der Waals surface area contributed by atoms with E-state index in [0.717, 1.165) is 10.5 Å². The Bertz CT molecular complexity index is 840. The first kappa shape index (κ1) is 16.3. The average Bonchev–Trinajstić information content (AvgIpc) is 3.00. The number of benzene rings is 2. The molecule has 0 N–H and O–H groups in total. The molecule has 4 nitrogen and oxygen atoms in total. The van der Waals surface area contributed by atoms with Crippen LogP contribution in [0.5, 0.6) is 0 Å². The maximum atomic E-state index is 12.4. The van der Waals surface area contributed by atoms with Crippen molar-refractivity contribution in [2.45, 2.75) is 16.9 Å². The number of carbonyl (C=O) groups is 1. The highest BCUT2D eigenvalue weighted by molar-refractivity contribution is 7.99. The van der Waals surface area contributed by atoms with Crippen LogP contribution in [0.3, 0.4) is 0 Å². The van der Waals surface area contributed by atoms with E-state index in [9.17, 15) is 4.79 Å². The van der Waals surface area contributed by atoms with Crippen molar-refractivity contribution < 1.29 is 9.21 Å². The van der Waals surface area contributed by atoms with E-state index >= 15 is 0 Å². The first-order valence-electron chi connectivity index (χ1n) is 7.57. The summed E-state index contributed by atoms with van der Waals surface area (Å²) < 4.78 is 5.91. The topological polar surface area (TPSA) is 46.3 Å². The number of oxazole rings is 1. The molecule has 0 fully saturated rings. The van der Waals surface area contributed by atoms with Crippen LogP contribution in [0.2, 0.25) is 0 Å². The molecule has 0 bridgehead atoms. The molecule has 1 heterocycles. The van der Waals surface area contributed by atoms with Gasteiger partial charge in [-0.15, -0.1) is 0 Å². The molecule has 3 rings (SSSR count). The predicted octanol–water partition coefficient (Wildman–Crippen LogP) is 4.50. The van der Waals surface area contributed by atoms with Gasteiger partial charge in [-0.25, -0.2) is 4.98 Å². The summed E-state index contributed by atoms with van der Waals surface area (Å²) in [4.78, 5) is 19.4. The molecule has 1 aromatic heterocycles. The molecule has 0 unspecified atom stereocenters. The van der Waals surface area contributed by atoms with Crippen molar-refractivity contribution in [1.82, 2.24) is 9.88 Å². The van der Waals surface area contributed by atoms with Crippen LogP contribution in [0, 0.1) is 6.92 Å². The van der Waals surface area contributed by atoms with Crippen LogP contribution in [0.25, 0.3) is 11.5 Å².